The Hall–Kier alpha value is -2.37. The lowest BCUT2D eigenvalue weighted by Gasteiger charge is -2.09. The zero-order chi connectivity index (χ0) is 15.1. The number of nitrogens with two attached hydrogens (primary N) is 1. The molecule has 0 fully saturated rings. The number of hydrogen-bond donors (Lipinski definition) is 4. The van der Waals surface area contributed by atoms with E-state index in [4.69, 9.17) is 16.0 Å². The van der Waals surface area contributed by atoms with Crippen LogP contribution in [0.2, 0.25) is 0 Å². The van der Waals surface area contributed by atoms with Crippen LogP contribution in [0.25, 0.3) is 11.1 Å². The lowest BCUT2D eigenvalue weighted by molar-refractivity contribution is 0.292. The number of aliphatic hydroxyl groups excluding tert-OH is 1. The van der Waals surface area contributed by atoms with Gasteiger partial charge in [0.25, 0.3) is 0 Å². The first kappa shape index (κ1) is 15.0. The van der Waals surface area contributed by atoms with Crippen LogP contribution in [0, 0.1) is 0 Å². The zero-order valence-electron chi connectivity index (χ0n) is 11.7. The van der Waals surface area contributed by atoms with Crippen molar-refractivity contribution < 1.29 is 10.3 Å². The molecule has 0 aromatic heterocycles. The van der Waals surface area contributed by atoms with Crippen LogP contribution in [0.1, 0.15) is 11.1 Å². The Kier molecular flexibility index (Phi) is 5.31. The first-order valence-electron chi connectivity index (χ1n) is 6.74. The molecule has 5 N–H and O–H groups in total. The van der Waals surface area contributed by atoms with E-state index < -0.39 is 0 Å². The molecule has 0 radical (unpaired) electrons. The van der Waals surface area contributed by atoms with Gasteiger partial charge in [-0.3, -0.25) is 0 Å². The topological polar surface area (TPSA) is 90.9 Å². The van der Waals surface area contributed by atoms with Crippen molar-refractivity contribution in [2.24, 2.45) is 10.9 Å². The van der Waals surface area contributed by atoms with E-state index in [0.29, 0.717) is 18.7 Å². The Labute approximate surface area is 123 Å². The van der Waals surface area contributed by atoms with Crippen molar-refractivity contribution in [3.05, 3.63) is 59.7 Å². The van der Waals surface area contributed by atoms with Crippen LogP contribution in [-0.2, 0) is 6.54 Å². The number of amidine groups is 1. The molecule has 5 nitrogen and oxygen atoms in total. The highest BCUT2D eigenvalue weighted by Gasteiger charge is 2.08. The maximum Gasteiger partial charge on any atom is 0.170 e. The van der Waals surface area contributed by atoms with Crippen molar-refractivity contribution in [1.29, 1.82) is 0 Å². The molecule has 0 unspecified atom stereocenters. The second-order valence-electron chi connectivity index (χ2n) is 4.63. The highest BCUT2D eigenvalue weighted by Crippen LogP contribution is 2.24. The fourth-order valence-electron chi connectivity index (χ4n) is 2.13. The fourth-order valence-corrected chi connectivity index (χ4v) is 2.13. The predicted molar refractivity (Wildman–Crippen MR) is 83.2 cm³/mol. The van der Waals surface area contributed by atoms with E-state index in [1.807, 2.05) is 48.5 Å². The van der Waals surface area contributed by atoms with Gasteiger partial charge in [0.1, 0.15) is 0 Å². The third-order valence-electron chi connectivity index (χ3n) is 3.19. The molecule has 0 amide bonds. The Morgan fingerprint density at radius 1 is 1.10 bits per heavy atom. The highest BCUT2D eigenvalue weighted by molar-refractivity contribution is 6.03. The van der Waals surface area contributed by atoms with Gasteiger partial charge in [-0.1, -0.05) is 53.7 Å². The van der Waals surface area contributed by atoms with E-state index in [-0.39, 0.29) is 12.4 Å². The van der Waals surface area contributed by atoms with Crippen LogP contribution in [0.5, 0.6) is 0 Å². The molecule has 2 aromatic rings. The average molecular weight is 285 g/mol. The Bertz CT molecular complexity index is 609. The molecule has 110 valence electrons. The quantitative estimate of drug-likeness (QED) is 0.213. The number of rotatable bonds is 6. The van der Waals surface area contributed by atoms with Crippen LogP contribution in [0.3, 0.4) is 0 Å². The summed E-state index contributed by atoms with van der Waals surface area (Å²) in [6.45, 7) is 1.42. The molecule has 0 heterocycles. The van der Waals surface area contributed by atoms with Gasteiger partial charge in [0, 0.05) is 18.7 Å². The van der Waals surface area contributed by atoms with Gasteiger partial charge in [0.15, 0.2) is 5.84 Å². The smallest absolute Gasteiger partial charge is 0.170 e. The molecule has 0 spiro atoms. The van der Waals surface area contributed by atoms with Crippen molar-refractivity contribution in [2.75, 3.05) is 13.2 Å². The van der Waals surface area contributed by atoms with Crippen molar-refractivity contribution in [3.63, 3.8) is 0 Å². The lowest BCUT2D eigenvalue weighted by Crippen LogP contribution is -2.17. The van der Waals surface area contributed by atoms with E-state index in [1.54, 1.807) is 0 Å². The van der Waals surface area contributed by atoms with E-state index in [1.165, 1.54) is 0 Å². The maximum atomic E-state index is 8.86. The van der Waals surface area contributed by atoms with Crippen LogP contribution in [0.4, 0.5) is 0 Å². The largest absolute Gasteiger partial charge is 0.409 e. The van der Waals surface area contributed by atoms with E-state index in [9.17, 15) is 0 Å². The molecule has 0 saturated carbocycles. The second kappa shape index (κ2) is 7.42. The van der Waals surface area contributed by atoms with Crippen molar-refractivity contribution in [2.45, 2.75) is 6.54 Å². The van der Waals surface area contributed by atoms with Crippen LogP contribution in [-0.4, -0.2) is 29.3 Å². The molecule has 0 atom stereocenters. The summed E-state index contributed by atoms with van der Waals surface area (Å²) >= 11 is 0. The Morgan fingerprint density at radius 3 is 2.48 bits per heavy atom. The van der Waals surface area contributed by atoms with Crippen LogP contribution >= 0.6 is 0 Å². The van der Waals surface area contributed by atoms with Gasteiger partial charge in [-0.25, -0.2) is 0 Å². The highest BCUT2D eigenvalue weighted by atomic mass is 16.4. The van der Waals surface area contributed by atoms with Gasteiger partial charge in [0.2, 0.25) is 0 Å². The standard InChI is InChI=1S/C16H19N3O2/c17-16(19-21)15-4-2-1-3-14(15)13-7-5-12(6-8-13)11-18-9-10-20/h1-8,18,20-21H,9-11H2,(H2,17,19). The Morgan fingerprint density at radius 2 is 1.81 bits per heavy atom. The van der Waals surface area contributed by atoms with Gasteiger partial charge in [-0.05, 0) is 16.7 Å². The molecule has 0 saturated heterocycles. The Balaban J connectivity index is 2.23. The molecule has 2 aromatic carbocycles. The molecule has 21 heavy (non-hydrogen) atoms. The number of oxime groups is 1. The summed E-state index contributed by atoms with van der Waals surface area (Å²) in [7, 11) is 0. The zero-order valence-corrected chi connectivity index (χ0v) is 11.7. The fraction of sp³-hybridized carbons (Fsp3) is 0.188. The van der Waals surface area contributed by atoms with Gasteiger partial charge >= 0.3 is 0 Å². The number of aliphatic hydroxyl groups is 1. The lowest BCUT2D eigenvalue weighted by atomic mass is 9.98. The maximum absolute atomic E-state index is 8.86. The first-order valence-corrected chi connectivity index (χ1v) is 6.74. The van der Waals surface area contributed by atoms with Gasteiger partial charge in [-0.2, -0.15) is 0 Å². The average Bonchev–Trinajstić information content (AvgIpc) is 2.55. The molecule has 0 aliphatic heterocycles. The predicted octanol–water partition coefficient (Wildman–Crippen LogP) is 1.53. The summed E-state index contributed by atoms with van der Waals surface area (Å²) in [6, 6.07) is 15.6. The summed E-state index contributed by atoms with van der Waals surface area (Å²) in [5.41, 5.74) is 9.46. The molecular weight excluding hydrogens is 266 g/mol. The summed E-state index contributed by atoms with van der Waals surface area (Å²) in [6.07, 6.45) is 0. The molecule has 0 aliphatic rings. The summed E-state index contributed by atoms with van der Waals surface area (Å²) in [5, 5.41) is 23.8. The molecule has 5 heteroatoms. The van der Waals surface area contributed by atoms with Crippen LogP contribution < -0.4 is 11.1 Å². The number of benzene rings is 2. The SMILES string of the molecule is NC(=NO)c1ccccc1-c1ccc(CNCCO)cc1. The van der Waals surface area contributed by atoms with Gasteiger partial charge in [-0.15, -0.1) is 0 Å². The summed E-state index contributed by atoms with van der Waals surface area (Å²) < 4.78 is 0. The van der Waals surface area contributed by atoms with Crippen LogP contribution in [0.15, 0.2) is 53.7 Å². The van der Waals surface area contributed by atoms with E-state index in [0.717, 1.165) is 16.7 Å². The van der Waals surface area contributed by atoms with Crippen molar-refractivity contribution >= 4 is 5.84 Å². The second-order valence-corrected chi connectivity index (χ2v) is 4.63. The molecule has 0 bridgehead atoms. The summed E-state index contributed by atoms with van der Waals surface area (Å²) in [4.78, 5) is 0. The number of hydrogen-bond acceptors (Lipinski definition) is 4. The number of nitrogens with one attached hydrogen (secondary N) is 1. The minimum atomic E-state index is 0.0966. The van der Waals surface area contributed by atoms with E-state index in [2.05, 4.69) is 10.5 Å². The molecule has 0 aliphatic carbocycles. The minimum Gasteiger partial charge on any atom is -0.409 e. The molecular formula is C16H19N3O2. The van der Waals surface area contributed by atoms with Crippen molar-refractivity contribution in [1.82, 2.24) is 5.32 Å². The van der Waals surface area contributed by atoms with Crippen molar-refractivity contribution in [3.8, 4) is 11.1 Å². The van der Waals surface area contributed by atoms with Gasteiger partial charge in [0.05, 0.1) is 6.61 Å². The third-order valence-corrected chi connectivity index (χ3v) is 3.19. The normalized spacial score (nSPS) is 11.6. The molecule has 2 rings (SSSR count). The third kappa shape index (κ3) is 3.81. The minimum absolute atomic E-state index is 0.0966. The monoisotopic (exact) mass is 285 g/mol. The van der Waals surface area contributed by atoms with Gasteiger partial charge < -0.3 is 21.4 Å². The number of nitrogens with zero attached hydrogens (tertiary/aromatic N) is 1. The summed E-state index contributed by atoms with van der Waals surface area (Å²) in [5.74, 6) is 0.0966. The van der Waals surface area contributed by atoms with E-state index >= 15 is 0 Å². The first-order chi connectivity index (χ1) is 10.3.